The van der Waals surface area contributed by atoms with Crippen LogP contribution < -0.4 is 16.4 Å². The Bertz CT molecular complexity index is 209. The number of ether oxygens (including phenoxy) is 1. The van der Waals surface area contributed by atoms with Crippen LogP contribution in [0.15, 0.2) is 0 Å². The van der Waals surface area contributed by atoms with Crippen LogP contribution in [0.4, 0.5) is 4.79 Å². The fourth-order valence-electron chi connectivity index (χ4n) is 1.07. The van der Waals surface area contributed by atoms with Crippen LogP contribution in [0.2, 0.25) is 0 Å². The molecule has 0 heterocycles. The third kappa shape index (κ3) is 6.73. The Hall–Kier alpha value is -1.30. The van der Waals surface area contributed by atoms with Crippen molar-refractivity contribution < 1.29 is 14.3 Å². The molecular weight excluding hydrogens is 198 g/mol. The van der Waals surface area contributed by atoms with Crippen molar-refractivity contribution >= 4 is 12.0 Å². The molecule has 0 aliphatic rings. The molecule has 2 amide bonds. The molecule has 0 aromatic rings. The lowest BCUT2D eigenvalue weighted by molar-refractivity contribution is -0.145. The van der Waals surface area contributed by atoms with Crippen molar-refractivity contribution in [3.63, 3.8) is 0 Å². The molecule has 0 aliphatic carbocycles. The largest absolute Gasteiger partial charge is 0.465 e. The highest BCUT2D eigenvalue weighted by Crippen LogP contribution is 1.94. The van der Waals surface area contributed by atoms with Gasteiger partial charge in [-0.05, 0) is 13.3 Å². The summed E-state index contributed by atoms with van der Waals surface area (Å²) in [6.45, 7) is 4.90. The molecule has 88 valence electrons. The Morgan fingerprint density at radius 2 is 2.00 bits per heavy atom. The van der Waals surface area contributed by atoms with Gasteiger partial charge in [-0.25, -0.2) is 4.79 Å². The Kier molecular flexibility index (Phi) is 7.35. The van der Waals surface area contributed by atoms with Gasteiger partial charge < -0.3 is 21.1 Å². The molecule has 6 nitrogen and oxygen atoms in total. The Balaban J connectivity index is 3.70. The number of rotatable bonds is 7. The van der Waals surface area contributed by atoms with Crippen molar-refractivity contribution in [3.8, 4) is 0 Å². The second-order valence-corrected chi connectivity index (χ2v) is 2.96. The van der Waals surface area contributed by atoms with Crippen LogP contribution in [0.25, 0.3) is 0 Å². The summed E-state index contributed by atoms with van der Waals surface area (Å²) in [4.78, 5) is 21.6. The summed E-state index contributed by atoms with van der Waals surface area (Å²) in [5, 5.41) is 5.38. The minimum Gasteiger partial charge on any atom is -0.465 e. The zero-order valence-electron chi connectivity index (χ0n) is 9.21. The number of urea groups is 1. The lowest BCUT2D eigenvalue weighted by Gasteiger charge is -2.15. The number of carbonyl (C=O) groups excluding carboxylic acids is 2. The third-order valence-corrected chi connectivity index (χ3v) is 1.79. The first-order valence-corrected chi connectivity index (χ1v) is 5.05. The topological polar surface area (TPSA) is 93.4 Å². The zero-order valence-corrected chi connectivity index (χ0v) is 9.21. The molecule has 4 N–H and O–H groups in total. The van der Waals surface area contributed by atoms with Crippen LogP contribution in [0.5, 0.6) is 0 Å². The van der Waals surface area contributed by atoms with Crippen LogP contribution in [0, 0.1) is 0 Å². The molecule has 1 atom stereocenters. The van der Waals surface area contributed by atoms with Gasteiger partial charge in [0, 0.05) is 13.1 Å². The standard InChI is InChI=1S/C9H19N3O3/c1-3-7(8(13)15-4-2)11-5-6-12-9(10)14/h7,11H,3-6H2,1-2H3,(H3,10,12,14). The molecule has 0 aliphatic heterocycles. The molecular formula is C9H19N3O3. The molecule has 15 heavy (non-hydrogen) atoms. The number of esters is 1. The Morgan fingerprint density at radius 1 is 1.33 bits per heavy atom. The van der Waals surface area contributed by atoms with Gasteiger partial charge in [0.05, 0.1) is 6.61 Å². The van der Waals surface area contributed by atoms with Gasteiger partial charge in [0.2, 0.25) is 0 Å². The summed E-state index contributed by atoms with van der Waals surface area (Å²) >= 11 is 0. The molecule has 0 fully saturated rings. The van der Waals surface area contributed by atoms with E-state index in [-0.39, 0.29) is 12.0 Å². The first-order chi connectivity index (χ1) is 7.11. The lowest BCUT2D eigenvalue weighted by atomic mass is 10.2. The van der Waals surface area contributed by atoms with Crippen LogP contribution in [0.3, 0.4) is 0 Å². The van der Waals surface area contributed by atoms with Gasteiger partial charge in [-0.2, -0.15) is 0 Å². The third-order valence-electron chi connectivity index (χ3n) is 1.79. The molecule has 0 bridgehead atoms. The number of hydrogen-bond donors (Lipinski definition) is 3. The van der Waals surface area contributed by atoms with E-state index in [0.717, 1.165) is 0 Å². The molecule has 0 aromatic heterocycles. The second kappa shape index (κ2) is 8.05. The summed E-state index contributed by atoms with van der Waals surface area (Å²) in [5.41, 5.74) is 4.88. The van der Waals surface area contributed by atoms with Gasteiger partial charge in [-0.15, -0.1) is 0 Å². The molecule has 0 rings (SSSR count). The number of amides is 2. The van der Waals surface area contributed by atoms with E-state index in [1.807, 2.05) is 6.92 Å². The summed E-state index contributed by atoms with van der Waals surface area (Å²) < 4.78 is 4.86. The Labute approximate surface area is 89.5 Å². The fourth-order valence-corrected chi connectivity index (χ4v) is 1.07. The zero-order chi connectivity index (χ0) is 11.7. The van der Waals surface area contributed by atoms with E-state index in [0.29, 0.717) is 26.1 Å². The van der Waals surface area contributed by atoms with Gasteiger partial charge in [0.25, 0.3) is 0 Å². The van der Waals surface area contributed by atoms with E-state index in [9.17, 15) is 9.59 Å². The van der Waals surface area contributed by atoms with E-state index in [1.165, 1.54) is 0 Å². The molecule has 0 saturated heterocycles. The van der Waals surface area contributed by atoms with Crippen molar-refractivity contribution in [1.82, 2.24) is 10.6 Å². The highest BCUT2D eigenvalue weighted by molar-refractivity contribution is 5.75. The quantitative estimate of drug-likeness (QED) is 0.399. The summed E-state index contributed by atoms with van der Waals surface area (Å²) in [6, 6.07) is -0.888. The SMILES string of the molecule is CCOC(=O)C(CC)NCCNC(N)=O. The molecule has 6 heteroatoms. The molecule has 0 spiro atoms. The molecule has 0 aromatic carbocycles. The highest BCUT2D eigenvalue weighted by atomic mass is 16.5. The van der Waals surface area contributed by atoms with Crippen LogP contribution >= 0.6 is 0 Å². The van der Waals surface area contributed by atoms with Crippen molar-refractivity contribution in [2.45, 2.75) is 26.3 Å². The van der Waals surface area contributed by atoms with Crippen molar-refractivity contribution in [1.29, 1.82) is 0 Å². The second-order valence-electron chi connectivity index (χ2n) is 2.96. The van der Waals surface area contributed by atoms with E-state index >= 15 is 0 Å². The predicted molar refractivity (Wildman–Crippen MR) is 56.3 cm³/mol. The monoisotopic (exact) mass is 217 g/mol. The molecule has 1 unspecified atom stereocenters. The van der Waals surface area contributed by atoms with Crippen LogP contribution in [0.1, 0.15) is 20.3 Å². The van der Waals surface area contributed by atoms with Gasteiger partial charge >= 0.3 is 12.0 Å². The van der Waals surface area contributed by atoms with E-state index in [4.69, 9.17) is 10.5 Å². The van der Waals surface area contributed by atoms with Crippen LogP contribution in [-0.2, 0) is 9.53 Å². The van der Waals surface area contributed by atoms with E-state index in [2.05, 4.69) is 10.6 Å². The van der Waals surface area contributed by atoms with Crippen LogP contribution in [-0.4, -0.2) is 37.7 Å². The molecule has 0 radical (unpaired) electrons. The minimum absolute atomic E-state index is 0.265. The number of primary amides is 1. The summed E-state index contributed by atoms with van der Waals surface area (Å²) in [6.07, 6.45) is 0.648. The maximum atomic E-state index is 11.3. The van der Waals surface area contributed by atoms with Crippen molar-refractivity contribution in [2.24, 2.45) is 5.73 Å². The van der Waals surface area contributed by atoms with Crippen molar-refractivity contribution in [3.05, 3.63) is 0 Å². The van der Waals surface area contributed by atoms with E-state index < -0.39 is 6.03 Å². The fraction of sp³-hybridized carbons (Fsp3) is 0.778. The summed E-state index contributed by atoms with van der Waals surface area (Å²) in [7, 11) is 0. The van der Waals surface area contributed by atoms with Gasteiger partial charge in [0.15, 0.2) is 0 Å². The maximum absolute atomic E-state index is 11.3. The smallest absolute Gasteiger partial charge is 0.323 e. The average molecular weight is 217 g/mol. The first kappa shape index (κ1) is 13.7. The average Bonchev–Trinajstić information content (AvgIpc) is 2.17. The highest BCUT2D eigenvalue weighted by Gasteiger charge is 2.15. The number of nitrogens with two attached hydrogens (primary N) is 1. The predicted octanol–water partition coefficient (Wildman–Crippen LogP) is -0.414. The van der Waals surface area contributed by atoms with Gasteiger partial charge in [-0.1, -0.05) is 6.92 Å². The molecule has 0 saturated carbocycles. The lowest BCUT2D eigenvalue weighted by Crippen LogP contribution is -2.42. The Morgan fingerprint density at radius 3 is 2.47 bits per heavy atom. The minimum atomic E-state index is -0.569. The van der Waals surface area contributed by atoms with Gasteiger partial charge in [0.1, 0.15) is 6.04 Å². The number of carbonyl (C=O) groups is 2. The number of hydrogen-bond acceptors (Lipinski definition) is 4. The van der Waals surface area contributed by atoms with E-state index in [1.54, 1.807) is 6.92 Å². The van der Waals surface area contributed by atoms with Gasteiger partial charge in [-0.3, -0.25) is 4.79 Å². The summed E-state index contributed by atoms with van der Waals surface area (Å²) in [5.74, 6) is -0.265. The number of nitrogens with one attached hydrogen (secondary N) is 2. The normalized spacial score (nSPS) is 11.9. The first-order valence-electron chi connectivity index (χ1n) is 5.05. The maximum Gasteiger partial charge on any atom is 0.323 e. The van der Waals surface area contributed by atoms with Crippen molar-refractivity contribution in [2.75, 3.05) is 19.7 Å².